The van der Waals surface area contributed by atoms with Crippen LogP contribution < -0.4 is 10.1 Å². The molecular weight excluding hydrogens is 254 g/mol. The van der Waals surface area contributed by atoms with Crippen molar-refractivity contribution in [3.8, 4) is 5.75 Å². The number of anilines is 1. The third-order valence-corrected chi connectivity index (χ3v) is 3.59. The van der Waals surface area contributed by atoms with E-state index in [1.54, 1.807) is 14.2 Å². The minimum atomic E-state index is -0.788. The highest BCUT2D eigenvalue weighted by atomic mass is 16.5. The molecule has 0 unspecified atom stereocenters. The predicted molar refractivity (Wildman–Crippen MR) is 81.3 cm³/mol. The lowest BCUT2D eigenvalue weighted by molar-refractivity contribution is -0.136. The number of rotatable bonds is 7. The molecule has 0 aliphatic rings. The molecule has 4 nitrogen and oxygen atoms in total. The molecule has 0 radical (unpaired) electrons. The van der Waals surface area contributed by atoms with Crippen molar-refractivity contribution in [2.24, 2.45) is 0 Å². The van der Waals surface area contributed by atoms with Crippen molar-refractivity contribution in [3.05, 3.63) is 23.8 Å². The van der Waals surface area contributed by atoms with Crippen molar-refractivity contribution < 1.29 is 14.3 Å². The van der Waals surface area contributed by atoms with Crippen LogP contribution in [0.2, 0.25) is 0 Å². The fourth-order valence-electron chi connectivity index (χ4n) is 2.04. The van der Waals surface area contributed by atoms with Gasteiger partial charge >= 0.3 is 0 Å². The van der Waals surface area contributed by atoms with E-state index in [2.05, 4.69) is 12.2 Å². The predicted octanol–water partition coefficient (Wildman–Crippen LogP) is 3.54. The normalized spacial score (nSPS) is 13.7. The Balaban J connectivity index is 2.80. The average Bonchev–Trinajstić information content (AvgIpc) is 2.44. The maximum atomic E-state index is 12.4. The second-order valence-electron chi connectivity index (χ2n) is 5.18. The van der Waals surface area contributed by atoms with Crippen LogP contribution in [0.4, 0.5) is 5.69 Å². The van der Waals surface area contributed by atoms with E-state index >= 15 is 0 Å². The summed E-state index contributed by atoms with van der Waals surface area (Å²) in [7, 11) is 3.21. The van der Waals surface area contributed by atoms with Gasteiger partial charge in [-0.3, -0.25) is 4.79 Å². The molecule has 0 fully saturated rings. The summed E-state index contributed by atoms with van der Waals surface area (Å²) in [6.45, 7) is 5.87. The first-order valence-corrected chi connectivity index (χ1v) is 6.98. The van der Waals surface area contributed by atoms with Gasteiger partial charge in [-0.1, -0.05) is 19.8 Å². The molecule has 0 aliphatic heterocycles. The number of hydrogen-bond donors (Lipinski definition) is 1. The van der Waals surface area contributed by atoms with Gasteiger partial charge in [-0.05, 0) is 44.0 Å². The minimum absolute atomic E-state index is 0.113. The summed E-state index contributed by atoms with van der Waals surface area (Å²) in [4.78, 5) is 12.4. The topological polar surface area (TPSA) is 47.6 Å². The van der Waals surface area contributed by atoms with Crippen LogP contribution in [0.15, 0.2) is 18.2 Å². The molecule has 0 heterocycles. The lowest BCUT2D eigenvalue weighted by Gasteiger charge is -2.26. The molecule has 0 spiro atoms. The van der Waals surface area contributed by atoms with Crippen LogP contribution in [0.5, 0.6) is 5.75 Å². The molecule has 112 valence electrons. The third kappa shape index (κ3) is 3.97. The molecule has 4 heteroatoms. The largest absolute Gasteiger partial charge is 0.496 e. The van der Waals surface area contributed by atoms with Crippen LogP contribution in [-0.4, -0.2) is 25.7 Å². The molecule has 1 N–H and O–H groups in total. The average molecular weight is 279 g/mol. The summed E-state index contributed by atoms with van der Waals surface area (Å²) in [5, 5.41) is 2.91. The minimum Gasteiger partial charge on any atom is -0.496 e. The Morgan fingerprint density at radius 3 is 2.55 bits per heavy atom. The maximum absolute atomic E-state index is 12.4. The van der Waals surface area contributed by atoms with Gasteiger partial charge in [-0.25, -0.2) is 0 Å². The van der Waals surface area contributed by atoms with Crippen molar-refractivity contribution in [3.63, 3.8) is 0 Å². The molecule has 0 aromatic heterocycles. The smallest absolute Gasteiger partial charge is 0.256 e. The van der Waals surface area contributed by atoms with E-state index in [0.717, 1.165) is 29.8 Å². The quantitative estimate of drug-likeness (QED) is 0.830. The summed E-state index contributed by atoms with van der Waals surface area (Å²) < 4.78 is 10.6. The lowest BCUT2D eigenvalue weighted by atomic mass is 9.97. The molecule has 1 aromatic carbocycles. The SMILES string of the molecule is CCCC[C@@](C)(OC)C(=O)Nc1ccc(OC)c(C)c1. The number of benzene rings is 1. The van der Waals surface area contributed by atoms with Gasteiger partial charge in [0.25, 0.3) is 5.91 Å². The van der Waals surface area contributed by atoms with Gasteiger partial charge in [0.15, 0.2) is 0 Å². The van der Waals surface area contributed by atoms with Crippen molar-refractivity contribution in [2.75, 3.05) is 19.5 Å². The molecule has 1 amide bonds. The number of hydrogen-bond acceptors (Lipinski definition) is 3. The summed E-state index contributed by atoms with van der Waals surface area (Å²) in [6.07, 6.45) is 2.70. The molecule has 1 rings (SSSR count). The molecule has 1 aromatic rings. The van der Waals surface area contributed by atoms with E-state index in [-0.39, 0.29) is 5.91 Å². The zero-order valence-corrected chi connectivity index (χ0v) is 13.1. The fraction of sp³-hybridized carbons (Fsp3) is 0.562. The molecule has 0 bridgehead atoms. The van der Waals surface area contributed by atoms with Gasteiger partial charge in [0.05, 0.1) is 7.11 Å². The summed E-state index contributed by atoms with van der Waals surface area (Å²) in [6, 6.07) is 5.58. The van der Waals surface area contributed by atoms with Crippen molar-refractivity contribution in [2.45, 2.75) is 45.6 Å². The van der Waals surface area contributed by atoms with E-state index in [1.807, 2.05) is 32.0 Å². The Kier molecular flexibility index (Phi) is 6.02. The third-order valence-electron chi connectivity index (χ3n) is 3.59. The first-order chi connectivity index (χ1) is 9.46. The van der Waals surface area contributed by atoms with Gasteiger partial charge < -0.3 is 14.8 Å². The Bertz CT molecular complexity index is 459. The lowest BCUT2D eigenvalue weighted by Crippen LogP contribution is -2.41. The standard InChI is InChI=1S/C16H25NO3/c1-6-7-10-16(3,20-5)15(18)17-13-8-9-14(19-4)12(2)11-13/h8-9,11H,6-7,10H2,1-5H3,(H,17,18)/t16-/m1/s1. The summed E-state index contributed by atoms with van der Waals surface area (Å²) in [5.74, 6) is 0.696. The second kappa shape index (κ2) is 7.29. The Labute approximate surface area is 121 Å². The Hall–Kier alpha value is -1.55. The Morgan fingerprint density at radius 1 is 1.35 bits per heavy atom. The molecule has 1 atom stereocenters. The van der Waals surface area contributed by atoms with Gasteiger partial charge in [0.2, 0.25) is 0 Å². The van der Waals surface area contributed by atoms with Crippen molar-refractivity contribution in [1.29, 1.82) is 0 Å². The van der Waals surface area contributed by atoms with Crippen molar-refractivity contribution in [1.82, 2.24) is 0 Å². The van der Waals surface area contributed by atoms with E-state index in [9.17, 15) is 4.79 Å². The number of methoxy groups -OCH3 is 2. The maximum Gasteiger partial charge on any atom is 0.256 e. The first kappa shape index (κ1) is 16.5. The van der Waals surface area contributed by atoms with Crippen LogP contribution in [0.25, 0.3) is 0 Å². The number of amides is 1. The number of carbonyl (C=O) groups is 1. The summed E-state index contributed by atoms with van der Waals surface area (Å²) >= 11 is 0. The fourth-order valence-corrected chi connectivity index (χ4v) is 2.04. The van der Waals surface area contributed by atoms with Crippen LogP contribution >= 0.6 is 0 Å². The van der Waals surface area contributed by atoms with Gasteiger partial charge in [0.1, 0.15) is 11.4 Å². The van der Waals surface area contributed by atoms with Gasteiger partial charge in [0, 0.05) is 12.8 Å². The molecule has 0 aliphatic carbocycles. The highest BCUT2D eigenvalue weighted by molar-refractivity contribution is 5.97. The van der Waals surface area contributed by atoms with E-state index in [1.165, 1.54) is 0 Å². The van der Waals surface area contributed by atoms with Gasteiger partial charge in [-0.15, -0.1) is 0 Å². The van der Waals surface area contributed by atoms with Crippen LogP contribution in [0.3, 0.4) is 0 Å². The van der Waals surface area contributed by atoms with E-state index < -0.39 is 5.60 Å². The number of aryl methyl sites for hydroxylation is 1. The molecule has 0 saturated carbocycles. The highest BCUT2D eigenvalue weighted by Crippen LogP contribution is 2.24. The van der Waals surface area contributed by atoms with Gasteiger partial charge in [-0.2, -0.15) is 0 Å². The van der Waals surface area contributed by atoms with Crippen LogP contribution in [0.1, 0.15) is 38.7 Å². The second-order valence-corrected chi connectivity index (χ2v) is 5.18. The van der Waals surface area contributed by atoms with Crippen LogP contribution in [-0.2, 0) is 9.53 Å². The zero-order chi connectivity index (χ0) is 15.2. The van der Waals surface area contributed by atoms with Crippen molar-refractivity contribution >= 4 is 11.6 Å². The molecular formula is C16H25NO3. The summed E-state index contributed by atoms with van der Waals surface area (Å²) in [5.41, 5.74) is 0.954. The zero-order valence-electron chi connectivity index (χ0n) is 13.1. The molecule has 0 saturated heterocycles. The van der Waals surface area contributed by atoms with E-state index in [0.29, 0.717) is 6.42 Å². The number of carbonyl (C=O) groups excluding carboxylic acids is 1. The number of ether oxygens (including phenoxy) is 2. The van der Waals surface area contributed by atoms with E-state index in [4.69, 9.17) is 9.47 Å². The Morgan fingerprint density at radius 2 is 2.05 bits per heavy atom. The number of nitrogens with one attached hydrogen (secondary N) is 1. The number of unbranched alkanes of at least 4 members (excludes halogenated alkanes) is 1. The first-order valence-electron chi connectivity index (χ1n) is 6.98. The molecule has 20 heavy (non-hydrogen) atoms. The monoisotopic (exact) mass is 279 g/mol. The highest BCUT2D eigenvalue weighted by Gasteiger charge is 2.32. The van der Waals surface area contributed by atoms with Crippen LogP contribution in [0, 0.1) is 6.92 Å².